The summed E-state index contributed by atoms with van der Waals surface area (Å²) in [5.74, 6) is -0.0449. The Hall–Kier alpha value is -0.860. The third kappa shape index (κ3) is 1.97. The van der Waals surface area contributed by atoms with Crippen molar-refractivity contribution < 1.29 is 9.90 Å². The first-order valence-corrected chi connectivity index (χ1v) is 5.04. The molecule has 1 aliphatic carbocycles. The Labute approximate surface area is 87.5 Å². The van der Waals surface area contributed by atoms with Gasteiger partial charge in [0.15, 0.2) is 5.78 Å². The predicted molar refractivity (Wildman–Crippen MR) is 54.5 cm³/mol. The summed E-state index contributed by atoms with van der Waals surface area (Å²) in [4.78, 5) is 11.7. The molecule has 1 fully saturated rings. The number of hydrogen-bond donors (Lipinski definition) is 1. The Balaban J connectivity index is 2.17. The number of carbonyl (C=O) groups is 1. The van der Waals surface area contributed by atoms with Crippen LogP contribution in [0.25, 0.3) is 0 Å². The summed E-state index contributed by atoms with van der Waals surface area (Å²) in [6, 6.07) is 6.70. The van der Waals surface area contributed by atoms with Gasteiger partial charge in [-0.3, -0.25) is 4.79 Å². The zero-order valence-electron chi connectivity index (χ0n) is 7.61. The van der Waals surface area contributed by atoms with Crippen molar-refractivity contribution in [1.82, 2.24) is 0 Å². The van der Waals surface area contributed by atoms with Gasteiger partial charge in [-0.1, -0.05) is 23.7 Å². The van der Waals surface area contributed by atoms with Crippen LogP contribution in [0.2, 0.25) is 5.02 Å². The van der Waals surface area contributed by atoms with Crippen LogP contribution in [-0.4, -0.2) is 17.0 Å². The highest BCUT2D eigenvalue weighted by Gasteiger charge is 2.34. The fraction of sp³-hybridized carbons (Fsp3) is 0.364. The smallest absolute Gasteiger partial charge is 0.191 e. The van der Waals surface area contributed by atoms with Gasteiger partial charge in [0.05, 0.1) is 0 Å². The van der Waals surface area contributed by atoms with Gasteiger partial charge in [0, 0.05) is 10.6 Å². The number of aliphatic hydroxyl groups excluding tert-OH is 1. The molecule has 0 spiro atoms. The Bertz CT molecular complexity index is 358. The van der Waals surface area contributed by atoms with Gasteiger partial charge in [0.25, 0.3) is 0 Å². The number of benzene rings is 1. The summed E-state index contributed by atoms with van der Waals surface area (Å²) in [6.45, 7) is 0. The van der Waals surface area contributed by atoms with E-state index in [9.17, 15) is 9.90 Å². The van der Waals surface area contributed by atoms with E-state index in [-0.39, 0.29) is 11.7 Å². The minimum atomic E-state index is -0.839. The Morgan fingerprint density at radius 3 is 2.79 bits per heavy atom. The number of Topliss-reactive ketones (excluding diaryl/α,β-unsaturated/α-hetero) is 1. The number of carbonyl (C=O) groups excluding carboxylic acids is 1. The Morgan fingerprint density at radius 1 is 1.50 bits per heavy atom. The number of ketones is 1. The molecule has 0 amide bonds. The summed E-state index contributed by atoms with van der Waals surface area (Å²) in [5.41, 5.74) is 0.497. The van der Waals surface area contributed by atoms with Crippen LogP contribution in [0, 0.1) is 5.92 Å². The fourth-order valence-electron chi connectivity index (χ4n) is 1.44. The molecular weight excluding hydrogens is 200 g/mol. The summed E-state index contributed by atoms with van der Waals surface area (Å²) in [6.07, 6.45) is 1.06. The molecule has 1 aliphatic rings. The number of rotatable bonds is 3. The van der Waals surface area contributed by atoms with Gasteiger partial charge < -0.3 is 5.11 Å². The van der Waals surface area contributed by atoms with Crippen LogP contribution in [-0.2, 0) is 0 Å². The Kier molecular flexibility index (Phi) is 2.57. The lowest BCUT2D eigenvalue weighted by Crippen LogP contribution is -2.22. The maximum atomic E-state index is 11.7. The first-order chi connectivity index (χ1) is 6.68. The molecule has 3 heteroatoms. The first kappa shape index (κ1) is 9.69. The number of hydrogen-bond acceptors (Lipinski definition) is 2. The maximum absolute atomic E-state index is 11.7. The summed E-state index contributed by atoms with van der Waals surface area (Å²) in [7, 11) is 0. The highest BCUT2D eigenvalue weighted by atomic mass is 35.5. The van der Waals surface area contributed by atoms with Crippen LogP contribution in [0.4, 0.5) is 0 Å². The van der Waals surface area contributed by atoms with Crippen LogP contribution in [0.5, 0.6) is 0 Å². The largest absolute Gasteiger partial charge is 0.385 e. The molecule has 0 saturated heterocycles. The van der Waals surface area contributed by atoms with E-state index < -0.39 is 6.10 Å². The molecule has 74 valence electrons. The van der Waals surface area contributed by atoms with Crippen LogP contribution < -0.4 is 0 Å². The monoisotopic (exact) mass is 210 g/mol. The van der Waals surface area contributed by atoms with Crippen LogP contribution in [0.3, 0.4) is 0 Å². The van der Waals surface area contributed by atoms with E-state index in [1.807, 2.05) is 0 Å². The second kappa shape index (κ2) is 3.71. The molecule has 0 heterocycles. The summed E-state index contributed by atoms with van der Waals surface area (Å²) in [5, 5.41) is 10.1. The van der Waals surface area contributed by atoms with Gasteiger partial charge in [-0.05, 0) is 30.9 Å². The van der Waals surface area contributed by atoms with Gasteiger partial charge in [0.2, 0.25) is 0 Å². The van der Waals surface area contributed by atoms with Crippen molar-refractivity contribution in [2.24, 2.45) is 5.92 Å². The van der Waals surface area contributed by atoms with Crippen molar-refractivity contribution in [1.29, 1.82) is 0 Å². The molecule has 14 heavy (non-hydrogen) atoms. The Morgan fingerprint density at radius 2 is 2.21 bits per heavy atom. The van der Waals surface area contributed by atoms with Gasteiger partial charge in [-0.15, -0.1) is 0 Å². The highest BCUT2D eigenvalue weighted by molar-refractivity contribution is 6.31. The van der Waals surface area contributed by atoms with E-state index in [4.69, 9.17) is 11.6 Å². The molecule has 2 nitrogen and oxygen atoms in total. The van der Waals surface area contributed by atoms with E-state index in [2.05, 4.69) is 0 Å². The highest BCUT2D eigenvalue weighted by Crippen LogP contribution is 2.34. The molecule has 1 saturated carbocycles. The number of aliphatic hydroxyl groups is 1. The SMILES string of the molecule is O=C(c1cccc(Cl)c1)C(O)C1CC1. The first-order valence-electron chi connectivity index (χ1n) is 4.66. The average Bonchev–Trinajstić information content (AvgIpc) is 2.99. The molecule has 0 aromatic heterocycles. The quantitative estimate of drug-likeness (QED) is 0.778. The molecule has 1 atom stereocenters. The zero-order chi connectivity index (χ0) is 10.1. The van der Waals surface area contributed by atoms with Crippen molar-refractivity contribution >= 4 is 17.4 Å². The number of halogens is 1. The lowest BCUT2D eigenvalue weighted by molar-refractivity contribution is 0.0704. The van der Waals surface area contributed by atoms with Crippen molar-refractivity contribution in [3.05, 3.63) is 34.9 Å². The molecular formula is C11H11ClO2. The molecule has 0 radical (unpaired) electrons. The molecule has 1 aromatic rings. The lowest BCUT2D eigenvalue weighted by Gasteiger charge is -2.07. The lowest BCUT2D eigenvalue weighted by atomic mass is 10.0. The molecule has 1 N–H and O–H groups in total. The molecule has 2 rings (SSSR count). The minimum absolute atomic E-state index is 0.168. The molecule has 1 unspecified atom stereocenters. The van der Waals surface area contributed by atoms with Gasteiger partial charge in [-0.25, -0.2) is 0 Å². The normalized spacial score (nSPS) is 17.9. The van der Waals surface area contributed by atoms with Crippen molar-refractivity contribution in [3.8, 4) is 0 Å². The maximum Gasteiger partial charge on any atom is 0.191 e. The zero-order valence-corrected chi connectivity index (χ0v) is 8.37. The van der Waals surface area contributed by atoms with Crippen molar-refractivity contribution in [2.45, 2.75) is 18.9 Å². The molecule has 1 aromatic carbocycles. The van der Waals surface area contributed by atoms with E-state index >= 15 is 0 Å². The molecule has 0 aliphatic heterocycles. The third-order valence-electron chi connectivity index (χ3n) is 2.45. The van der Waals surface area contributed by atoms with Gasteiger partial charge in [0.1, 0.15) is 6.10 Å². The summed E-state index contributed by atoms with van der Waals surface area (Å²) >= 11 is 5.75. The van der Waals surface area contributed by atoms with Crippen LogP contribution in [0.1, 0.15) is 23.2 Å². The van der Waals surface area contributed by atoms with Crippen molar-refractivity contribution in [2.75, 3.05) is 0 Å². The summed E-state index contributed by atoms with van der Waals surface area (Å²) < 4.78 is 0. The van der Waals surface area contributed by atoms with Gasteiger partial charge >= 0.3 is 0 Å². The second-order valence-electron chi connectivity index (χ2n) is 3.66. The third-order valence-corrected chi connectivity index (χ3v) is 2.68. The van der Waals surface area contributed by atoms with Crippen LogP contribution in [0.15, 0.2) is 24.3 Å². The molecule has 0 bridgehead atoms. The van der Waals surface area contributed by atoms with E-state index in [0.29, 0.717) is 10.6 Å². The van der Waals surface area contributed by atoms with Crippen LogP contribution >= 0.6 is 11.6 Å². The van der Waals surface area contributed by atoms with E-state index in [0.717, 1.165) is 12.8 Å². The van der Waals surface area contributed by atoms with Gasteiger partial charge in [-0.2, -0.15) is 0 Å². The van der Waals surface area contributed by atoms with E-state index in [1.54, 1.807) is 24.3 Å². The average molecular weight is 211 g/mol. The van der Waals surface area contributed by atoms with Crippen molar-refractivity contribution in [3.63, 3.8) is 0 Å². The van der Waals surface area contributed by atoms with E-state index in [1.165, 1.54) is 0 Å². The predicted octanol–water partition coefficient (Wildman–Crippen LogP) is 2.29. The standard InChI is InChI=1S/C11H11ClO2/c12-9-3-1-2-8(6-9)11(14)10(13)7-4-5-7/h1-3,6-7,10,13H,4-5H2. The topological polar surface area (TPSA) is 37.3 Å². The minimum Gasteiger partial charge on any atom is -0.385 e. The second-order valence-corrected chi connectivity index (χ2v) is 4.09. The fourth-order valence-corrected chi connectivity index (χ4v) is 1.63.